The third-order valence-electron chi connectivity index (χ3n) is 10.1. The fourth-order valence-corrected chi connectivity index (χ4v) is 7.69. The highest BCUT2D eigenvalue weighted by Crippen LogP contribution is 2.37. The van der Waals surface area contributed by atoms with Gasteiger partial charge < -0.3 is 33.6 Å². The molecule has 13 nitrogen and oxygen atoms in total. The highest BCUT2D eigenvalue weighted by Gasteiger charge is 2.34. The number of esters is 1. The Labute approximate surface area is 308 Å². The minimum absolute atomic E-state index is 0.158. The first-order valence-electron chi connectivity index (χ1n) is 17.8. The summed E-state index contributed by atoms with van der Waals surface area (Å²) >= 11 is 6.74. The second kappa shape index (κ2) is 15.6. The summed E-state index contributed by atoms with van der Waals surface area (Å²) in [6.07, 6.45) is 9.01. The molecule has 4 aromatic rings. The van der Waals surface area contributed by atoms with Crippen molar-refractivity contribution in [2.45, 2.75) is 51.2 Å². The van der Waals surface area contributed by atoms with Crippen LogP contribution in [0.4, 0.5) is 11.5 Å². The van der Waals surface area contributed by atoms with Gasteiger partial charge in [-0.3, -0.25) is 4.79 Å². The zero-order chi connectivity index (χ0) is 36.2. The highest BCUT2D eigenvalue weighted by atomic mass is 35.5. The van der Waals surface area contributed by atoms with E-state index in [2.05, 4.69) is 57.1 Å². The average Bonchev–Trinajstić information content (AvgIpc) is 3.81. The van der Waals surface area contributed by atoms with Gasteiger partial charge in [-0.15, -0.1) is 0 Å². The fourth-order valence-electron chi connectivity index (χ4n) is 7.41. The van der Waals surface area contributed by atoms with Crippen LogP contribution in [-0.2, 0) is 22.5 Å². The number of amides is 1. The zero-order valence-electron chi connectivity index (χ0n) is 29.4. The number of hydrogen-bond acceptors (Lipinski definition) is 11. The molecule has 52 heavy (non-hydrogen) atoms. The number of carbonyl (C=O) groups is 2. The van der Waals surface area contributed by atoms with Gasteiger partial charge in [0, 0.05) is 67.3 Å². The summed E-state index contributed by atoms with van der Waals surface area (Å²) in [6, 6.07) is 14.8. The molecule has 3 aliphatic heterocycles. The lowest BCUT2D eigenvalue weighted by molar-refractivity contribution is -0.128. The number of rotatable bonds is 10. The Morgan fingerprint density at radius 1 is 1.08 bits per heavy atom. The van der Waals surface area contributed by atoms with Gasteiger partial charge in [-0.05, 0) is 57.3 Å². The van der Waals surface area contributed by atoms with Crippen molar-refractivity contribution in [1.29, 1.82) is 5.26 Å². The van der Waals surface area contributed by atoms with Crippen molar-refractivity contribution in [2.75, 3.05) is 62.8 Å². The molecule has 0 aliphatic carbocycles. The smallest absolute Gasteiger partial charge is 0.358 e. The van der Waals surface area contributed by atoms with Crippen LogP contribution in [0.25, 0.3) is 17.0 Å². The van der Waals surface area contributed by atoms with E-state index in [1.165, 1.54) is 23.2 Å². The lowest BCUT2D eigenvalue weighted by Crippen LogP contribution is -2.55. The van der Waals surface area contributed by atoms with Crippen LogP contribution < -0.4 is 14.5 Å². The fraction of sp³-hybridized carbons (Fsp3) is 0.421. The molecule has 0 spiro atoms. The molecular formula is C38H42ClN9O4. The molecule has 2 fully saturated rings. The number of benzene rings is 2. The SMILES string of the molecule is CCOC(=O)c1cn(/C=C/C(=O)N2CCN(c3nc(OC[C@@H]4CCCN4C)nc4c3CCN(c3cccc5cccc(Cl)c35)C4)C[C@@H]2CC#N)cn1. The van der Waals surface area contributed by atoms with Gasteiger partial charge in [-0.25, -0.2) is 9.78 Å². The van der Waals surface area contributed by atoms with Crippen molar-refractivity contribution in [3.05, 3.63) is 77.0 Å². The molecule has 2 atom stereocenters. The molecule has 0 saturated carbocycles. The summed E-state index contributed by atoms with van der Waals surface area (Å²) in [4.78, 5) is 48.1. The van der Waals surface area contributed by atoms with Gasteiger partial charge in [0.25, 0.3) is 0 Å². The Balaban J connectivity index is 1.14. The number of likely N-dealkylation sites (tertiary alicyclic amines) is 1. The second-order valence-corrected chi connectivity index (χ2v) is 13.8. The van der Waals surface area contributed by atoms with Gasteiger partial charge in [0.2, 0.25) is 5.91 Å². The summed E-state index contributed by atoms with van der Waals surface area (Å²) in [7, 11) is 2.12. The molecule has 2 aromatic carbocycles. The Morgan fingerprint density at radius 3 is 2.71 bits per heavy atom. The highest BCUT2D eigenvalue weighted by molar-refractivity contribution is 6.36. The number of nitrogens with zero attached hydrogens (tertiary/aromatic N) is 9. The van der Waals surface area contributed by atoms with E-state index in [0.717, 1.165) is 59.5 Å². The molecular weight excluding hydrogens is 682 g/mol. The number of halogens is 1. The van der Waals surface area contributed by atoms with E-state index >= 15 is 0 Å². The average molecular weight is 724 g/mol. The third kappa shape index (κ3) is 7.40. The first kappa shape index (κ1) is 35.2. The van der Waals surface area contributed by atoms with E-state index in [1.807, 2.05) is 12.1 Å². The number of piperazine rings is 1. The maximum atomic E-state index is 13.5. The maximum absolute atomic E-state index is 13.5. The Bertz CT molecular complexity index is 2020. The summed E-state index contributed by atoms with van der Waals surface area (Å²) in [5.74, 6) is 0.0409. The number of nitriles is 1. The van der Waals surface area contributed by atoms with Crippen LogP contribution in [0.2, 0.25) is 5.02 Å². The molecule has 2 aromatic heterocycles. The zero-order valence-corrected chi connectivity index (χ0v) is 30.2. The van der Waals surface area contributed by atoms with Crippen LogP contribution >= 0.6 is 11.6 Å². The third-order valence-corrected chi connectivity index (χ3v) is 10.5. The van der Waals surface area contributed by atoms with Gasteiger partial charge in [-0.2, -0.15) is 15.2 Å². The van der Waals surface area contributed by atoms with E-state index in [4.69, 9.17) is 31.0 Å². The predicted octanol–water partition coefficient (Wildman–Crippen LogP) is 4.79. The van der Waals surface area contributed by atoms with Crippen LogP contribution in [0.5, 0.6) is 6.01 Å². The first-order chi connectivity index (χ1) is 25.3. The molecule has 14 heteroatoms. The Morgan fingerprint density at radius 2 is 1.92 bits per heavy atom. The Kier molecular flexibility index (Phi) is 10.6. The van der Waals surface area contributed by atoms with Gasteiger partial charge >= 0.3 is 12.0 Å². The molecule has 3 aliphatic rings. The van der Waals surface area contributed by atoms with Crippen molar-refractivity contribution in [3.8, 4) is 12.1 Å². The van der Waals surface area contributed by atoms with Crippen molar-refractivity contribution in [1.82, 2.24) is 29.3 Å². The lowest BCUT2D eigenvalue weighted by atomic mass is 10.0. The summed E-state index contributed by atoms with van der Waals surface area (Å²) in [5, 5.41) is 12.6. The molecule has 0 radical (unpaired) electrons. The number of hydrogen-bond donors (Lipinski definition) is 0. The number of carbonyl (C=O) groups excluding carboxylic acids is 2. The van der Waals surface area contributed by atoms with E-state index in [1.54, 1.807) is 18.0 Å². The van der Waals surface area contributed by atoms with Crippen LogP contribution in [0, 0.1) is 11.3 Å². The van der Waals surface area contributed by atoms with Gasteiger partial charge in [0.1, 0.15) is 12.4 Å². The van der Waals surface area contributed by atoms with Crippen LogP contribution in [0.15, 0.2) is 55.0 Å². The van der Waals surface area contributed by atoms with Crippen LogP contribution in [-0.4, -0.2) is 106 Å². The van der Waals surface area contributed by atoms with Gasteiger partial charge in [-0.1, -0.05) is 35.9 Å². The van der Waals surface area contributed by atoms with E-state index in [9.17, 15) is 14.9 Å². The van der Waals surface area contributed by atoms with Crippen molar-refractivity contribution in [2.24, 2.45) is 0 Å². The first-order valence-corrected chi connectivity index (χ1v) is 18.2. The van der Waals surface area contributed by atoms with E-state index in [0.29, 0.717) is 56.3 Å². The minimum Gasteiger partial charge on any atom is -0.462 e. The van der Waals surface area contributed by atoms with Crippen LogP contribution in [0.3, 0.4) is 0 Å². The molecule has 270 valence electrons. The lowest BCUT2D eigenvalue weighted by Gasteiger charge is -2.42. The van der Waals surface area contributed by atoms with Crippen molar-refractivity contribution < 1.29 is 19.1 Å². The molecule has 0 unspecified atom stereocenters. The number of ether oxygens (including phenoxy) is 2. The maximum Gasteiger partial charge on any atom is 0.358 e. The predicted molar refractivity (Wildman–Crippen MR) is 198 cm³/mol. The summed E-state index contributed by atoms with van der Waals surface area (Å²) in [6.45, 7) is 6.18. The molecule has 5 heterocycles. The normalized spacial score (nSPS) is 19.2. The van der Waals surface area contributed by atoms with Crippen molar-refractivity contribution in [3.63, 3.8) is 0 Å². The van der Waals surface area contributed by atoms with Gasteiger partial charge in [0.15, 0.2) is 5.69 Å². The molecule has 0 N–H and O–H groups in total. The minimum atomic E-state index is -0.525. The summed E-state index contributed by atoms with van der Waals surface area (Å²) < 4.78 is 12.9. The standard InChI is InChI=1S/C38H42ClN9O4/c1-3-51-37(50)32-22-45(25-41-32)17-14-34(49)48-20-19-47(21-27(48)12-15-40)36-29-13-18-46(33-11-5-8-26-7-4-10-30(39)35(26)33)23-31(29)42-38(43-36)52-24-28-9-6-16-44(28)2/h4-5,7-8,10-11,14,17,22,25,27-28H,3,6,9,12-13,16,18-21,23-24H2,1-2H3/b17-14+/t27-,28-/m0/s1. The largest absolute Gasteiger partial charge is 0.462 e. The number of aromatic nitrogens is 4. The topological polar surface area (TPSA) is 133 Å². The van der Waals surface area contributed by atoms with E-state index < -0.39 is 5.97 Å². The number of imidazole rings is 1. The second-order valence-electron chi connectivity index (χ2n) is 13.4. The van der Waals surface area contributed by atoms with E-state index in [-0.39, 0.29) is 30.7 Å². The molecule has 7 rings (SSSR count). The molecule has 2 saturated heterocycles. The quantitative estimate of drug-likeness (QED) is 0.165. The number of fused-ring (bicyclic) bond motifs is 2. The number of likely N-dealkylation sites (N-methyl/N-ethyl adjacent to an activating group) is 1. The summed E-state index contributed by atoms with van der Waals surface area (Å²) in [5.41, 5.74) is 3.17. The van der Waals surface area contributed by atoms with Crippen LogP contribution in [0.1, 0.15) is 47.9 Å². The monoisotopic (exact) mass is 723 g/mol. The Hall–Kier alpha value is -5.19. The van der Waals surface area contributed by atoms with Crippen molar-refractivity contribution >= 4 is 52.0 Å². The molecule has 1 amide bonds. The number of anilines is 2. The van der Waals surface area contributed by atoms with Gasteiger partial charge in [0.05, 0.1) is 48.7 Å². The molecule has 0 bridgehead atoms.